The number of carbonyl (C=O) groups is 1. The van der Waals surface area contributed by atoms with Crippen molar-refractivity contribution in [2.75, 3.05) is 0 Å². The fourth-order valence-corrected chi connectivity index (χ4v) is 1.66. The van der Waals surface area contributed by atoms with Crippen LogP contribution in [0.15, 0.2) is 0 Å². The molecule has 0 bridgehead atoms. The molecule has 15 heavy (non-hydrogen) atoms. The van der Waals surface area contributed by atoms with Gasteiger partial charge < -0.3 is 14.9 Å². The van der Waals surface area contributed by atoms with E-state index in [2.05, 4.69) is 0 Å². The van der Waals surface area contributed by atoms with Crippen molar-refractivity contribution in [2.45, 2.75) is 63.8 Å². The van der Waals surface area contributed by atoms with Gasteiger partial charge in [-0.15, -0.1) is 0 Å². The molecule has 0 aliphatic heterocycles. The van der Waals surface area contributed by atoms with Gasteiger partial charge in [0.2, 0.25) is 0 Å². The van der Waals surface area contributed by atoms with Crippen LogP contribution in [0.25, 0.3) is 0 Å². The molecule has 0 spiro atoms. The third kappa shape index (κ3) is 3.47. The summed E-state index contributed by atoms with van der Waals surface area (Å²) in [6, 6.07) is 0. The summed E-state index contributed by atoms with van der Waals surface area (Å²) in [4.78, 5) is 11.7. The van der Waals surface area contributed by atoms with Gasteiger partial charge in [0.15, 0.2) is 5.60 Å². The fraction of sp³-hybridized carbons (Fsp3) is 0.909. The number of hydrogen-bond donors (Lipinski definition) is 2. The summed E-state index contributed by atoms with van der Waals surface area (Å²) in [6.07, 6.45) is 1.07. The molecule has 0 aromatic carbocycles. The van der Waals surface area contributed by atoms with Gasteiger partial charge in [-0.2, -0.15) is 0 Å². The fourth-order valence-electron chi connectivity index (χ4n) is 1.66. The molecule has 0 aromatic heterocycles. The van der Waals surface area contributed by atoms with Crippen LogP contribution in [-0.4, -0.2) is 33.5 Å². The second kappa shape index (κ2) is 4.10. The number of hydrogen-bond acceptors (Lipinski definition) is 4. The lowest BCUT2D eigenvalue weighted by molar-refractivity contribution is -0.182. The first kappa shape index (κ1) is 12.5. The first-order chi connectivity index (χ1) is 6.73. The Kier molecular flexibility index (Phi) is 3.41. The second-order valence-electron chi connectivity index (χ2n) is 5.26. The first-order valence-electron chi connectivity index (χ1n) is 5.37. The third-order valence-electron chi connectivity index (χ3n) is 2.56. The lowest BCUT2D eigenvalue weighted by Gasteiger charge is -2.34. The van der Waals surface area contributed by atoms with E-state index in [4.69, 9.17) is 4.74 Å². The molecule has 0 heterocycles. The molecule has 0 saturated heterocycles. The van der Waals surface area contributed by atoms with Gasteiger partial charge in [0, 0.05) is 0 Å². The molecule has 0 amide bonds. The number of rotatable bonds is 1. The molecule has 1 rings (SSSR count). The van der Waals surface area contributed by atoms with E-state index in [1.807, 2.05) is 0 Å². The maximum atomic E-state index is 11.7. The summed E-state index contributed by atoms with van der Waals surface area (Å²) in [5, 5.41) is 19.3. The highest BCUT2D eigenvalue weighted by molar-refractivity contribution is 5.79. The zero-order chi connectivity index (χ0) is 11.7. The molecular formula is C11H20O4. The molecular weight excluding hydrogens is 196 g/mol. The maximum absolute atomic E-state index is 11.7. The van der Waals surface area contributed by atoms with Gasteiger partial charge in [-0.3, -0.25) is 0 Å². The Morgan fingerprint density at radius 3 is 2.20 bits per heavy atom. The number of esters is 1. The molecule has 1 saturated carbocycles. The standard InChI is InChI=1S/C11H20O4/c1-10(2,3)15-9(13)11(14)6-4-8(12)5-7-11/h8,12,14H,4-7H2,1-3H3. The smallest absolute Gasteiger partial charge is 0.338 e. The lowest BCUT2D eigenvalue weighted by Crippen LogP contribution is -2.46. The van der Waals surface area contributed by atoms with Crippen LogP contribution in [0.2, 0.25) is 0 Å². The van der Waals surface area contributed by atoms with Crippen molar-refractivity contribution in [2.24, 2.45) is 0 Å². The third-order valence-corrected chi connectivity index (χ3v) is 2.56. The van der Waals surface area contributed by atoms with Crippen molar-refractivity contribution in [1.29, 1.82) is 0 Å². The van der Waals surface area contributed by atoms with Gasteiger partial charge in [-0.05, 0) is 46.5 Å². The molecule has 1 aliphatic rings. The number of aliphatic hydroxyl groups excluding tert-OH is 1. The largest absolute Gasteiger partial charge is 0.458 e. The van der Waals surface area contributed by atoms with Crippen LogP contribution < -0.4 is 0 Å². The van der Waals surface area contributed by atoms with Gasteiger partial charge in [0.25, 0.3) is 0 Å². The Balaban J connectivity index is 2.58. The topological polar surface area (TPSA) is 66.8 Å². The Labute approximate surface area is 90.2 Å². The van der Waals surface area contributed by atoms with Crippen molar-refractivity contribution in [3.8, 4) is 0 Å². The van der Waals surface area contributed by atoms with Crippen LogP contribution in [0, 0.1) is 0 Å². The Morgan fingerprint density at radius 2 is 1.80 bits per heavy atom. The number of ether oxygens (including phenoxy) is 1. The highest BCUT2D eigenvalue weighted by atomic mass is 16.6. The van der Waals surface area contributed by atoms with Crippen LogP contribution in [0.3, 0.4) is 0 Å². The van der Waals surface area contributed by atoms with E-state index in [1.54, 1.807) is 20.8 Å². The minimum Gasteiger partial charge on any atom is -0.458 e. The number of carbonyl (C=O) groups excluding carboxylic acids is 1. The van der Waals surface area contributed by atoms with E-state index >= 15 is 0 Å². The van der Waals surface area contributed by atoms with E-state index in [-0.39, 0.29) is 12.8 Å². The van der Waals surface area contributed by atoms with Crippen molar-refractivity contribution < 1.29 is 19.7 Å². The minimum absolute atomic E-state index is 0.281. The Morgan fingerprint density at radius 1 is 1.33 bits per heavy atom. The summed E-state index contributed by atoms with van der Waals surface area (Å²) >= 11 is 0. The molecule has 0 atom stereocenters. The summed E-state index contributed by atoms with van der Waals surface area (Å²) in [6.45, 7) is 5.31. The molecule has 88 valence electrons. The minimum atomic E-state index is -1.40. The second-order valence-corrected chi connectivity index (χ2v) is 5.26. The summed E-state index contributed by atoms with van der Waals surface area (Å²) in [5.41, 5.74) is -1.98. The van der Waals surface area contributed by atoms with Gasteiger partial charge in [-0.25, -0.2) is 4.79 Å². The summed E-state index contributed by atoms with van der Waals surface area (Å²) in [7, 11) is 0. The summed E-state index contributed by atoms with van der Waals surface area (Å²) in [5.74, 6) is -0.568. The zero-order valence-corrected chi connectivity index (χ0v) is 9.62. The van der Waals surface area contributed by atoms with Crippen LogP contribution in [0.4, 0.5) is 0 Å². The van der Waals surface area contributed by atoms with Gasteiger partial charge >= 0.3 is 5.97 Å². The monoisotopic (exact) mass is 216 g/mol. The van der Waals surface area contributed by atoms with Crippen molar-refractivity contribution >= 4 is 5.97 Å². The van der Waals surface area contributed by atoms with Crippen LogP contribution >= 0.6 is 0 Å². The normalized spacial score (nSPS) is 32.5. The Bertz CT molecular complexity index is 233. The molecule has 4 heteroatoms. The van der Waals surface area contributed by atoms with Crippen molar-refractivity contribution in [3.05, 3.63) is 0 Å². The molecule has 1 fully saturated rings. The van der Waals surface area contributed by atoms with Gasteiger partial charge in [0.1, 0.15) is 5.60 Å². The summed E-state index contributed by atoms with van der Waals surface area (Å²) < 4.78 is 5.14. The van der Waals surface area contributed by atoms with Gasteiger partial charge in [0.05, 0.1) is 6.10 Å². The SMILES string of the molecule is CC(C)(C)OC(=O)C1(O)CCC(O)CC1. The van der Waals surface area contributed by atoms with E-state index in [9.17, 15) is 15.0 Å². The average molecular weight is 216 g/mol. The van der Waals surface area contributed by atoms with Gasteiger partial charge in [-0.1, -0.05) is 0 Å². The highest BCUT2D eigenvalue weighted by Crippen LogP contribution is 2.30. The zero-order valence-electron chi connectivity index (χ0n) is 9.62. The van der Waals surface area contributed by atoms with Crippen molar-refractivity contribution in [1.82, 2.24) is 0 Å². The molecule has 1 aliphatic carbocycles. The lowest BCUT2D eigenvalue weighted by atomic mass is 9.83. The van der Waals surface area contributed by atoms with Crippen molar-refractivity contribution in [3.63, 3.8) is 0 Å². The van der Waals surface area contributed by atoms with E-state index in [0.717, 1.165) is 0 Å². The predicted octanol–water partition coefficient (Wildman–Crippen LogP) is 0.994. The maximum Gasteiger partial charge on any atom is 0.338 e. The molecule has 0 unspecified atom stereocenters. The number of aliphatic hydroxyl groups is 2. The average Bonchev–Trinajstić information content (AvgIpc) is 2.07. The highest BCUT2D eigenvalue weighted by Gasteiger charge is 2.42. The van der Waals surface area contributed by atoms with Crippen LogP contribution in [0.5, 0.6) is 0 Å². The molecule has 0 radical (unpaired) electrons. The van der Waals surface area contributed by atoms with Crippen LogP contribution in [0.1, 0.15) is 46.5 Å². The van der Waals surface area contributed by atoms with E-state index in [0.29, 0.717) is 12.8 Å². The quantitative estimate of drug-likeness (QED) is 0.641. The van der Waals surface area contributed by atoms with E-state index in [1.165, 1.54) is 0 Å². The molecule has 0 aromatic rings. The Hall–Kier alpha value is -0.610. The van der Waals surface area contributed by atoms with Crippen LogP contribution in [-0.2, 0) is 9.53 Å². The first-order valence-corrected chi connectivity index (χ1v) is 5.37. The van der Waals surface area contributed by atoms with E-state index < -0.39 is 23.3 Å². The predicted molar refractivity (Wildman–Crippen MR) is 55.3 cm³/mol. The molecule has 2 N–H and O–H groups in total. The molecule has 4 nitrogen and oxygen atoms in total.